The first-order valence-corrected chi connectivity index (χ1v) is 24.5. The molecule has 6 heterocycles. The number of aromatic amines is 1. The van der Waals surface area contributed by atoms with E-state index in [2.05, 4.69) is 30.6 Å². The molecule has 0 aliphatic carbocycles. The van der Waals surface area contributed by atoms with Crippen LogP contribution in [0.2, 0.25) is 0 Å². The minimum atomic E-state index is -5.77. The van der Waals surface area contributed by atoms with Crippen LogP contribution in [0.5, 0.6) is 0 Å². The molecule has 0 atom stereocenters. The van der Waals surface area contributed by atoms with Gasteiger partial charge in [-0.15, -0.1) is 23.2 Å². The van der Waals surface area contributed by atoms with Crippen molar-refractivity contribution in [2.75, 3.05) is 17.9 Å². The number of Topliss-reactive ketones (excluding diaryl/α,β-unsaturated/α-hetero) is 2. The van der Waals surface area contributed by atoms with Crippen LogP contribution in [0.3, 0.4) is 0 Å². The smallest absolute Gasteiger partial charge is 0.444 e. The lowest BCUT2D eigenvalue weighted by Gasteiger charge is -2.19. The standard InChI is InChI=1S/C14H19N3O4S.C13H17N3O2.C9H11N3O2S.C4F6O2.CH2Cl2.CH4/c1-14(2,3)21-13(18)16-9-10-5-7-15-12-11(10)6-8-17(12)22(4,19)20;1-13(2,3)18-12(17)16-8-9-4-6-14-11-10(9)5-7-15-11;1-15(13,14)12-5-3-8-7(6-10)2-4-11-9(8)12;5-3(6,7)1(11)2(12)4(8,9)10;2-1-3;/h5-8H,9H2,1-4H3,(H,16,18);4-7H,8H2,1-3H3,(H,14,15)(H,16,17);2-5H,6,10H2,1H3;;1H2;1H4. The van der Waals surface area contributed by atoms with Gasteiger partial charge < -0.3 is 30.8 Å². The molecule has 29 heteroatoms. The fourth-order valence-electron chi connectivity index (χ4n) is 5.40. The van der Waals surface area contributed by atoms with E-state index in [-0.39, 0.29) is 19.3 Å². The van der Waals surface area contributed by atoms with Crippen LogP contribution in [0.4, 0.5) is 35.9 Å². The molecule has 0 saturated heterocycles. The summed E-state index contributed by atoms with van der Waals surface area (Å²) < 4.78 is 126. The van der Waals surface area contributed by atoms with Gasteiger partial charge in [-0.3, -0.25) is 9.59 Å². The highest BCUT2D eigenvalue weighted by molar-refractivity contribution is 7.89. The first kappa shape index (κ1) is 63.0. The van der Waals surface area contributed by atoms with Gasteiger partial charge in [-0.1, -0.05) is 7.43 Å². The molecule has 2 amide bonds. The van der Waals surface area contributed by atoms with Gasteiger partial charge in [-0.25, -0.2) is 49.3 Å². The molecule has 394 valence electrons. The Labute approximate surface area is 414 Å². The fourth-order valence-corrected chi connectivity index (χ4v) is 6.89. The van der Waals surface area contributed by atoms with Gasteiger partial charge >= 0.3 is 36.1 Å². The second-order valence-electron chi connectivity index (χ2n) is 16.0. The Morgan fingerprint density at radius 3 is 1.34 bits per heavy atom. The number of fused-ring (bicyclic) bond motifs is 3. The number of amides is 2. The zero-order valence-corrected chi connectivity index (χ0v) is 41.6. The number of rotatable bonds is 8. The number of hydrogen-bond donors (Lipinski definition) is 4. The maximum absolute atomic E-state index is 11.7. The van der Waals surface area contributed by atoms with Crippen LogP contribution in [0, 0.1) is 0 Å². The Morgan fingerprint density at radius 1 is 0.634 bits per heavy atom. The predicted octanol–water partition coefficient (Wildman–Crippen LogP) is 8.07. The largest absolute Gasteiger partial charge is 0.458 e. The Hall–Kier alpha value is -6.03. The number of nitrogens with one attached hydrogen (secondary N) is 3. The van der Waals surface area contributed by atoms with Crippen LogP contribution in [-0.2, 0) is 58.7 Å². The molecule has 0 spiro atoms. The average Bonchev–Trinajstić information content (AvgIpc) is 4.00. The minimum absolute atomic E-state index is 0. The molecule has 6 rings (SSSR count). The Kier molecular flexibility index (Phi) is 23.0. The number of carbonyl (C=O) groups is 4. The number of alkyl carbamates (subject to hydrolysis) is 2. The third kappa shape index (κ3) is 20.3. The van der Waals surface area contributed by atoms with E-state index in [9.17, 15) is 62.4 Å². The molecule has 0 aromatic carbocycles. The molecule has 0 radical (unpaired) electrons. The van der Waals surface area contributed by atoms with Crippen molar-refractivity contribution in [2.24, 2.45) is 5.73 Å². The molecular formula is C42H53Cl2F6N9O10S2. The second kappa shape index (κ2) is 25.9. The first-order chi connectivity index (χ1) is 32.0. The van der Waals surface area contributed by atoms with Crippen molar-refractivity contribution in [1.82, 2.24) is 38.5 Å². The lowest BCUT2D eigenvalue weighted by molar-refractivity contribution is -0.193. The van der Waals surface area contributed by atoms with Gasteiger partial charge in [0.05, 0.1) is 17.9 Å². The maximum Gasteiger partial charge on any atom is 0.458 e. The second-order valence-corrected chi connectivity index (χ2v) is 20.6. The van der Waals surface area contributed by atoms with Gasteiger partial charge in [0, 0.05) is 73.0 Å². The molecule has 0 aliphatic rings. The highest BCUT2D eigenvalue weighted by Crippen LogP contribution is 2.25. The molecule has 71 heavy (non-hydrogen) atoms. The Bertz CT molecular complexity index is 2960. The molecule has 6 aromatic heterocycles. The molecule has 0 unspecified atom stereocenters. The van der Waals surface area contributed by atoms with Gasteiger partial charge in [0.2, 0.25) is 20.0 Å². The van der Waals surface area contributed by atoms with Crippen molar-refractivity contribution in [1.29, 1.82) is 0 Å². The molecular weight excluding hydrogens is 1040 g/mol. The van der Waals surface area contributed by atoms with Crippen molar-refractivity contribution >= 4 is 100 Å². The van der Waals surface area contributed by atoms with E-state index in [1.54, 1.807) is 57.4 Å². The van der Waals surface area contributed by atoms with Gasteiger partial charge in [0.25, 0.3) is 0 Å². The predicted molar refractivity (Wildman–Crippen MR) is 256 cm³/mol. The number of alkyl halides is 8. The fraction of sp³-hybridized carbons (Fsp3) is 0.405. The van der Waals surface area contributed by atoms with Gasteiger partial charge in [0.1, 0.15) is 16.8 Å². The van der Waals surface area contributed by atoms with Crippen molar-refractivity contribution in [3.05, 3.63) is 90.3 Å². The quantitative estimate of drug-likeness (QED) is 0.0638. The minimum Gasteiger partial charge on any atom is -0.444 e. The van der Waals surface area contributed by atoms with E-state index >= 15 is 0 Å². The van der Waals surface area contributed by atoms with Crippen LogP contribution in [0.25, 0.3) is 33.1 Å². The number of ether oxygens (including phenoxy) is 2. The van der Waals surface area contributed by atoms with E-state index in [4.69, 9.17) is 38.4 Å². The third-order valence-electron chi connectivity index (χ3n) is 8.14. The summed E-state index contributed by atoms with van der Waals surface area (Å²) >= 11 is 9.53. The molecule has 0 fully saturated rings. The summed E-state index contributed by atoms with van der Waals surface area (Å²) in [6, 6.07) is 10.7. The van der Waals surface area contributed by atoms with E-state index in [0.29, 0.717) is 29.8 Å². The molecule has 0 aliphatic heterocycles. The number of carbonyl (C=O) groups excluding carboxylic acids is 4. The number of aromatic nitrogens is 6. The van der Waals surface area contributed by atoms with Crippen molar-refractivity contribution in [3.8, 4) is 0 Å². The summed E-state index contributed by atoms with van der Waals surface area (Å²) in [6.07, 6.45) is -0.678. The monoisotopic (exact) mass is 1090 g/mol. The number of nitrogens with zero attached hydrogens (tertiary/aromatic N) is 5. The molecule has 6 aromatic rings. The number of ketones is 2. The van der Waals surface area contributed by atoms with Crippen LogP contribution in [-0.4, -0.2) is 110 Å². The summed E-state index contributed by atoms with van der Waals surface area (Å²) in [5, 5.41) is 8.04. The highest BCUT2D eigenvalue weighted by Gasteiger charge is 2.54. The van der Waals surface area contributed by atoms with Crippen molar-refractivity contribution in [2.45, 2.75) is 92.2 Å². The van der Waals surface area contributed by atoms with E-state index in [1.165, 1.54) is 18.6 Å². The van der Waals surface area contributed by atoms with Gasteiger partial charge in [-0.05, 0) is 94.6 Å². The van der Waals surface area contributed by atoms with Crippen LogP contribution in [0.1, 0.15) is 65.7 Å². The lowest BCUT2D eigenvalue weighted by Crippen LogP contribution is -2.39. The zero-order valence-electron chi connectivity index (χ0n) is 38.5. The molecule has 0 bridgehead atoms. The third-order valence-corrected chi connectivity index (χ3v) is 10.2. The number of nitrogens with two attached hydrogens (primary N) is 1. The van der Waals surface area contributed by atoms with Crippen molar-refractivity contribution in [3.63, 3.8) is 0 Å². The maximum atomic E-state index is 11.7. The topological polar surface area (TPSA) is 269 Å². The number of H-pyrrole nitrogens is 1. The van der Waals surface area contributed by atoms with E-state index < -0.39 is 67.4 Å². The zero-order chi connectivity index (χ0) is 53.6. The SMILES string of the molecule is C.CC(C)(C)OC(=O)NCc1ccnc2[nH]ccc12.CC(C)(C)OC(=O)NCc1ccnc2c1ccn2S(C)(=O)=O.CS(=O)(=O)n1ccc2c(CN)ccnc21.ClCCl.O=C(C(=O)C(F)(F)F)C(F)(F)F. The Balaban J connectivity index is 0.000000472. The summed E-state index contributed by atoms with van der Waals surface area (Å²) in [5.74, 6) is -6.81. The normalized spacial score (nSPS) is 11.7. The number of halogens is 8. The average molecular weight is 1090 g/mol. The lowest BCUT2D eigenvalue weighted by atomic mass is 10.2. The van der Waals surface area contributed by atoms with Gasteiger partial charge in [0.15, 0.2) is 11.3 Å². The first-order valence-electron chi connectivity index (χ1n) is 19.8. The van der Waals surface area contributed by atoms with E-state index in [0.717, 1.165) is 53.6 Å². The van der Waals surface area contributed by atoms with Crippen LogP contribution >= 0.6 is 23.2 Å². The van der Waals surface area contributed by atoms with Crippen LogP contribution < -0.4 is 16.4 Å². The molecule has 19 nitrogen and oxygen atoms in total. The van der Waals surface area contributed by atoms with E-state index in [1.807, 2.05) is 39.1 Å². The summed E-state index contributed by atoms with van der Waals surface area (Å²) in [5.41, 5.74) is 8.74. The van der Waals surface area contributed by atoms with Crippen molar-refractivity contribution < 1.29 is 71.8 Å². The summed E-state index contributed by atoms with van der Waals surface area (Å²) in [7, 11) is -6.71. The molecule has 5 N–H and O–H groups in total. The summed E-state index contributed by atoms with van der Waals surface area (Å²) in [4.78, 5) is 57.8. The highest BCUT2D eigenvalue weighted by atomic mass is 35.5. The number of pyridine rings is 3. The molecule has 0 saturated carbocycles. The number of hydrogen-bond acceptors (Lipinski definition) is 14. The van der Waals surface area contributed by atoms with Gasteiger partial charge in [-0.2, -0.15) is 26.3 Å². The van der Waals surface area contributed by atoms with Crippen LogP contribution in [0.15, 0.2) is 73.6 Å². The Morgan fingerprint density at radius 2 is 0.986 bits per heavy atom. The summed E-state index contributed by atoms with van der Waals surface area (Å²) in [6.45, 7) is 11.9.